The van der Waals surface area contributed by atoms with Gasteiger partial charge in [-0.1, -0.05) is 35.5 Å². The van der Waals surface area contributed by atoms with Gasteiger partial charge in [-0.05, 0) is 29.8 Å². The summed E-state index contributed by atoms with van der Waals surface area (Å²) in [5, 5.41) is 4.00. The number of hydrogen-bond donors (Lipinski definition) is 0. The van der Waals surface area contributed by atoms with Gasteiger partial charge in [0, 0.05) is 73.3 Å². The second kappa shape index (κ2) is 10.1. The molecule has 1 saturated heterocycles. The lowest BCUT2D eigenvalue weighted by molar-refractivity contribution is -0.133. The predicted octanol–water partition coefficient (Wildman–Crippen LogP) is 4.14. The van der Waals surface area contributed by atoms with Crippen LogP contribution in [0, 0.1) is 0 Å². The molecule has 1 fully saturated rings. The molecule has 0 aliphatic carbocycles. The Morgan fingerprint density at radius 1 is 0.939 bits per heavy atom. The highest BCUT2D eigenvalue weighted by atomic mass is 32.1. The fourth-order valence-electron chi connectivity index (χ4n) is 3.94. The highest BCUT2D eigenvalue weighted by Gasteiger charge is 2.22. The van der Waals surface area contributed by atoms with Crippen molar-refractivity contribution in [3.63, 3.8) is 0 Å². The Morgan fingerprint density at radius 3 is 2.52 bits per heavy atom. The van der Waals surface area contributed by atoms with Gasteiger partial charge in [0.1, 0.15) is 0 Å². The third kappa shape index (κ3) is 5.35. The summed E-state index contributed by atoms with van der Waals surface area (Å²) in [5.41, 5.74) is 2.11. The van der Waals surface area contributed by atoms with Crippen LogP contribution in [-0.4, -0.2) is 57.0 Å². The van der Waals surface area contributed by atoms with Crippen molar-refractivity contribution in [1.29, 1.82) is 0 Å². The molecule has 7 nitrogen and oxygen atoms in total. The van der Waals surface area contributed by atoms with Gasteiger partial charge < -0.3 is 9.42 Å². The highest BCUT2D eigenvalue weighted by molar-refractivity contribution is 7.15. The summed E-state index contributed by atoms with van der Waals surface area (Å²) < 4.78 is 5.31. The lowest BCUT2D eigenvalue weighted by atomic mass is 10.2. The molecule has 0 saturated carbocycles. The summed E-state index contributed by atoms with van der Waals surface area (Å²) >= 11 is 1.84. The monoisotopic (exact) mass is 459 g/mol. The predicted molar refractivity (Wildman–Crippen MR) is 127 cm³/mol. The van der Waals surface area contributed by atoms with Crippen LogP contribution in [0.3, 0.4) is 0 Å². The molecule has 1 aliphatic heterocycles. The van der Waals surface area contributed by atoms with Crippen molar-refractivity contribution < 1.29 is 9.32 Å². The number of amides is 1. The van der Waals surface area contributed by atoms with Crippen molar-refractivity contribution in [1.82, 2.24) is 24.9 Å². The summed E-state index contributed by atoms with van der Waals surface area (Å²) in [5.74, 6) is 1.15. The van der Waals surface area contributed by atoms with Gasteiger partial charge in [-0.3, -0.25) is 14.7 Å². The fourth-order valence-corrected chi connectivity index (χ4v) is 5.00. The quantitative estimate of drug-likeness (QED) is 0.414. The number of carbonyl (C=O) groups excluding carboxylic acids is 1. The van der Waals surface area contributed by atoms with Crippen molar-refractivity contribution in [3.05, 3.63) is 77.8 Å². The van der Waals surface area contributed by atoms with Crippen LogP contribution in [0.2, 0.25) is 0 Å². The number of piperazine rings is 1. The molecule has 4 aromatic rings. The molecule has 0 atom stereocenters. The van der Waals surface area contributed by atoms with E-state index in [1.807, 2.05) is 34.4 Å². The van der Waals surface area contributed by atoms with E-state index in [1.54, 1.807) is 12.4 Å². The number of thiophene rings is 1. The van der Waals surface area contributed by atoms with Crippen molar-refractivity contribution in [2.75, 3.05) is 26.2 Å². The zero-order valence-electron chi connectivity index (χ0n) is 18.3. The Hall–Kier alpha value is -3.36. The standard InChI is InChI=1S/C25H25N5O2S/c31-24(9-8-23-27-25(28-32-23)20-10-12-26-13-11-20)30-16-14-29(15-17-30)18-21-6-7-22(33-21)19-4-2-1-3-5-19/h1-7,10-13H,8-9,14-18H2. The summed E-state index contributed by atoms with van der Waals surface area (Å²) in [4.78, 5) is 28.1. The first kappa shape index (κ1) is 21.5. The Balaban J connectivity index is 1.08. The van der Waals surface area contributed by atoms with E-state index in [2.05, 4.69) is 56.4 Å². The smallest absolute Gasteiger partial charge is 0.227 e. The SMILES string of the molecule is O=C(CCc1nc(-c2ccncc2)no1)N1CCN(Cc2ccc(-c3ccccc3)s2)CC1. The lowest BCUT2D eigenvalue weighted by Gasteiger charge is -2.34. The van der Waals surface area contributed by atoms with Crippen LogP contribution in [0.15, 0.2) is 71.5 Å². The van der Waals surface area contributed by atoms with Crippen LogP contribution in [0.25, 0.3) is 21.8 Å². The van der Waals surface area contributed by atoms with Gasteiger partial charge in [-0.25, -0.2) is 0 Å². The largest absolute Gasteiger partial charge is 0.340 e. The third-order valence-corrected chi connectivity index (χ3v) is 6.90. The average molecular weight is 460 g/mol. The Bertz CT molecular complexity index is 1180. The fraction of sp³-hybridized carbons (Fsp3) is 0.280. The second-order valence-corrected chi connectivity index (χ2v) is 9.20. The summed E-state index contributed by atoms with van der Waals surface area (Å²) in [6.07, 6.45) is 4.21. The van der Waals surface area contributed by atoms with Crippen molar-refractivity contribution >= 4 is 17.2 Å². The van der Waals surface area contributed by atoms with Crippen LogP contribution in [-0.2, 0) is 17.8 Å². The molecule has 168 valence electrons. The number of aryl methyl sites for hydroxylation is 1. The molecule has 1 aliphatic rings. The van der Waals surface area contributed by atoms with Crippen molar-refractivity contribution in [2.24, 2.45) is 0 Å². The van der Waals surface area contributed by atoms with Gasteiger partial charge in [0.15, 0.2) is 0 Å². The molecule has 0 N–H and O–H groups in total. The summed E-state index contributed by atoms with van der Waals surface area (Å²) in [6, 6.07) is 18.6. The minimum Gasteiger partial charge on any atom is -0.340 e. The minimum atomic E-state index is 0.140. The first-order valence-corrected chi connectivity index (χ1v) is 11.9. The van der Waals surface area contributed by atoms with E-state index in [-0.39, 0.29) is 5.91 Å². The maximum atomic E-state index is 12.7. The van der Waals surface area contributed by atoms with E-state index in [4.69, 9.17) is 4.52 Å². The molecule has 33 heavy (non-hydrogen) atoms. The average Bonchev–Trinajstić information content (AvgIpc) is 3.54. The van der Waals surface area contributed by atoms with E-state index >= 15 is 0 Å². The highest BCUT2D eigenvalue weighted by Crippen LogP contribution is 2.28. The van der Waals surface area contributed by atoms with Crippen LogP contribution in [0.4, 0.5) is 0 Å². The molecule has 8 heteroatoms. The number of rotatable bonds is 7. The topological polar surface area (TPSA) is 75.4 Å². The van der Waals surface area contributed by atoms with E-state index in [1.165, 1.54) is 15.3 Å². The first-order chi connectivity index (χ1) is 16.2. The number of pyridine rings is 1. The zero-order chi connectivity index (χ0) is 22.5. The van der Waals surface area contributed by atoms with Crippen LogP contribution < -0.4 is 0 Å². The van der Waals surface area contributed by atoms with Crippen LogP contribution >= 0.6 is 11.3 Å². The van der Waals surface area contributed by atoms with Crippen LogP contribution in [0.1, 0.15) is 17.2 Å². The molecule has 5 rings (SSSR count). The summed E-state index contributed by atoms with van der Waals surface area (Å²) in [7, 11) is 0. The minimum absolute atomic E-state index is 0.140. The normalized spacial score (nSPS) is 14.5. The molecular weight excluding hydrogens is 434 g/mol. The van der Waals surface area contributed by atoms with Gasteiger partial charge in [0.2, 0.25) is 17.6 Å². The second-order valence-electron chi connectivity index (χ2n) is 8.04. The van der Waals surface area contributed by atoms with Gasteiger partial charge in [0.05, 0.1) is 0 Å². The van der Waals surface area contributed by atoms with E-state index in [0.29, 0.717) is 24.6 Å². The van der Waals surface area contributed by atoms with E-state index in [0.717, 1.165) is 38.3 Å². The van der Waals surface area contributed by atoms with E-state index in [9.17, 15) is 4.79 Å². The van der Waals surface area contributed by atoms with Gasteiger partial charge in [-0.2, -0.15) is 4.98 Å². The molecule has 0 spiro atoms. The molecule has 1 amide bonds. The zero-order valence-corrected chi connectivity index (χ0v) is 19.1. The Labute approximate surface area is 196 Å². The van der Waals surface area contributed by atoms with E-state index < -0.39 is 0 Å². The molecule has 1 aromatic carbocycles. The Kier molecular flexibility index (Phi) is 6.55. The van der Waals surface area contributed by atoms with Gasteiger partial charge in [0.25, 0.3) is 0 Å². The molecule has 4 heterocycles. The maximum absolute atomic E-state index is 12.7. The first-order valence-electron chi connectivity index (χ1n) is 11.1. The molecular formula is C25H25N5O2S. The molecule has 3 aromatic heterocycles. The number of aromatic nitrogens is 3. The van der Waals surface area contributed by atoms with Crippen molar-refractivity contribution in [3.8, 4) is 21.8 Å². The van der Waals surface area contributed by atoms with Crippen LogP contribution in [0.5, 0.6) is 0 Å². The number of nitrogens with zero attached hydrogens (tertiary/aromatic N) is 5. The maximum Gasteiger partial charge on any atom is 0.227 e. The molecule has 0 unspecified atom stereocenters. The lowest BCUT2D eigenvalue weighted by Crippen LogP contribution is -2.48. The molecule has 0 bridgehead atoms. The third-order valence-electron chi connectivity index (χ3n) is 5.78. The number of hydrogen-bond acceptors (Lipinski definition) is 7. The molecule has 0 radical (unpaired) electrons. The number of benzene rings is 1. The number of carbonyl (C=O) groups is 1. The van der Waals surface area contributed by atoms with Gasteiger partial charge in [-0.15, -0.1) is 11.3 Å². The Morgan fingerprint density at radius 2 is 1.73 bits per heavy atom. The van der Waals surface area contributed by atoms with Crippen molar-refractivity contribution in [2.45, 2.75) is 19.4 Å². The summed E-state index contributed by atoms with van der Waals surface area (Å²) in [6.45, 7) is 4.21. The van der Waals surface area contributed by atoms with Gasteiger partial charge >= 0.3 is 0 Å².